The summed E-state index contributed by atoms with van der Waals surface area (Å²) in [6.45, 7) is 3.10. The third-order valence-corrected chi connectivity index (χ3v) is 3.79. The number of halogens is 3. The molecule has 1 N–H and O–H groups in total. The molecule has 18 heavy (non-hydrogen) atoms. The summed E-state index contributed by atoms with van der Waals surface area (Å²) in [6.07, 6.45) is -2.15. The van der Waals surface area contributed by atoms with Crippen LogP contribution in [0.15, 0.2) is 5.38 Å². The van der Waals surface area contributed by atoms with E-state index in [-0.39, 0.29) is 12.1 Å². The number of rotatable bonds is 4. The molecule has 0 radical (unpaired) electrons. The summed E-state index contributed by atoms with van der Waals surface area (Å²) >= 11 is 1.03. The van der Waals surface area contributed by atoms with E-state index >= 15 is 0 Å². The van der Waals surface area contributed by atoms with Crippen LogP contribution >= 0.6 is 11.3 Å². The van der Waals surface area contributed by atoms with Gasteiger partial charge >= 0.3 is 6.18 Å². The van der Waals surface area contributed by atoms with Gasteiger partial charge in [0.25, 0.3) is 0 Å². The summed E-state index contributed by atoms with van der Waals surface area (Å²) in [6, 6.07) is 0.130. The highest BCUT2D eigenvalue weighted by atomic mass is 32.1. The standard InChI is InChI=1S/C11H15F3N2OS/c1-7(8-3-2-4-17-8)15-5-10-16-9(6-18-10)11(12,13)14/h6-8,15H,2-5H2,1H3/t7-,8-/m1/s1. The maximum atomic E-state index is 12.3. The van der Waals surface area contributed by atoms with Crippen LogP contribution < -0.4 is 5.32 Å². The van der Waals surface area contributed by atoms with Gasteiger partial charge in [0.2, 0.25) is 0 Å². The minimum atomic E-state index is -4.35. The van der Waals surface area contributed by atoms with Crippen molar-refractivity contribution >= 4 is 11.3 Å². The van der Waals surface area contributed by atoms with E-state index in [0.29, 0.717) is 11.6 Å². The molecule has 0 spiro atoms. The van der Waals surface area contributed by atoms with Crippen molar-refractivity contribution in [3.05, 3.63) is 16.1 Å². The van der Waals surface area contributed by atoms with Crippen molar-refractivity contribution in [2.75, 3.05) is 6.61 Å². The fraction of sp³-hybridized carbons (Fsp3) is 0.727. The van der Waals surface area contributed by atoms with Gasteiger partial charge in [0, 0.05) is 24.6 Å². The highest BCUT2D eigenvalue weighted by Crippen LogP contribution is 2.30. The third kappa shape index (κ3) is 3.43. The van der Waals surface area contributed by atoms with Crippen molar-refractivity contribution < 1.29 is 17.9 Å². The monoisotopic (exact) mass is 280 g/mol. The molecule has 0 unspecified atom stereocenters. The number of nitrogens with zero attached hydrogens (tertiary/aromatic N) is 1. The first-order chi connectivity index (χ1) is 8.47. The SMILES string of the molecule is C[C@@H](NCc1nc(C(F)(F)F)cs1)[C@H]1CCCO1. The van der Waals surface area contributed by atoms with Crippen molar-refractivity contribution in [3.8, 4) is 0 Å². The highest BCUT2D eigenvalue weighted by Gasteiger charge is 2.33. The molecule has 2 heterocycles. The molecule has 0 amide bonds. The Morgan fingerprint density at radius 1 is 1.61 bits per heavy atom. The molecule has 1 aromatic rings. The van der Waals surface area contributed by atoms with Gasteiger partial charge in [0.15, 0.2) is 5.69 Å². The second-order valence-electron chi connectivity index (χ2n) is 4.35. The fourth-order valence-electron chi connectivity index (χ4n) is 1.90. The molecule has 102 valence electrons. The van der Waals surface area contributed by atoms with E-state index in [9.17, 15) is 13.2 Å². The molecule has 1 aliphatic rings. The van der Waals surface area contributed by atoms with E-state index in [2.05, 4.69) is 10.3 Å². The van der Waals surface area contributed by atoms with Crippen molar-refractivity contribution in [2.45, 2.75) is 44.6 Å². The summed E-state index contributed by atoms with van der Waals surface area (Å²) in [5, 5.41) is 4.66. The van der Waals surface area contributed by atoms with Gasteiger partial charge in [-0.05, 0) is 19.8 Å². The zero-order valence-corrected chi connectivity index (χ0v) is 10.8. The number of hydrogen-bond acceptors (Lipinski definition) is 4. The second kappa shape index (κ2) is 5.54. The molecule has 1 fully saturated rings. The number of hydrogen-bond donors (Lipinski definition) is 1. The Balaban J connectivity index is 1.84. The summed E-state index contributed by atoms with van der Waals surface area (Å²) in [5.41, 5.74) is -0.811. The van der Waals surface area contributed by atoms with Crippen molar-refractivity contribution in [3.63, 3.8) is 0 Å². The zero-order valence-electron chi connectivity index (χ0n) is 9.96. The first-order valence-electron chi connectivity index (χ1n) is 5.83. The normalized spacial score (nSPS) is 22.3. The van der Waals surface area contributed by atoms with Crippen molar-refractivity contribution in [2.24, 2.45) is 0 Å². The molecule has 1 aliphatic heterocycles. The number of ether oxygens (including phenoxy) is 1. The number of nitrogens with one attached hydrogen (secondary N) is 1. The largest absolute Gasteiger partial charge is 0.434 e. The summed E-state index contributed by atoms with van der Waals surface area (Å²) in [5.74, 6) is 0. The van der Waals surface area contributed by atoms with Gasteiger partial charge in [0.05, 0.1) is 6.10 Å². The lowest BCUT2D eigenvalue weighted by atomic mass is 10.1. The minimum absolute atomic E-state index is 0.130. The third-order valence-electron chi connectivity index (χ3n) is 2.94. The van der Waals surface area contributed by atoms with Crippen LogP contribution in [0.25, 0.3) is 0 Å². The lowest BCUT2D eigenvalue weighted by molar-refractivity contribution is -0.140. The smallest absolute Gasteiger partial charge is 0.377 e. The van der Waals surface area contributed by atoms with Crippen LogP contribution in [0.5, 0.6) is 0 Å². The molecule has 0 bridgehead atoms. The van der Waals surface area contributed by atoms with E-state index in [1.165, 1.54) is 0 Å². The van der Waals surface area contributed by atoms with E-state index in [0.717, 1.165) is 36.2 Å². The van der Waals surface area contributed by atoms with Gasteiger partial charge in [-0.1, -0.05) is 0 Å². The van der Waals surface area contributed by atoms with Crippen LogP contribution in [-0.4, -0.2) is 23.7 Å². The Labute approximate surface area is 107 Å². The first kappa shape index (κ1) is 13.8. The average Bonchev–Trinajstić information content (AvgIpc) is 2.96. The van der Waals surface area contributed by atoms with E-state index in [1.807, 2.05) is 6.92 Å². The Morgan fingerprint density at radius 2 is 2.39 bits per heavy atom. The van der Waals surface area contributed by atoms with Crippen LogP contribution in [0.1, 0.15) is 30.5 Å². The van der Waals surface area contributed by atoms with Gasteiger partial charge in [-0.3, -0.25) is 0 Å². The van der Waals surface area contributed by atoms with Crippen LogP contribution in [0, 0.1) is 0 Å². The predicted molar refractivity (Wildman–Crippen MR) is 62.4 cm³/mol. The molecule has 2 rings (SSSR count). The first-order valence-corrected chi connectivity index (χ1v) is 6.71. The van der Waals surface area contributed by atoms with E-state index in [4.69, 9.17) is 4.74 Å². The molecule has 1 saturated heterocycles. The summed E-state index contributed by atoms with van der Waals surface area (Å²) < 4.78 is 42.6. The quantitative estimate of drug-likeness (QED) is 0.921. The Morgan fingerprint density at radius 3 is 2.94 bits per heavy atom. The molecule has 1 aromatic heterocycles. The number of alkyl halides is 3. The maximum absolute atomic E-state index is 12.3. The molecule has 7 heteroatoms. The van der Waals surface area contributed by atoms with E-state index in [1.54, 1.807) is 0 Å². The summed E-state index contributed by atoms with van der Waals surface area (Å²) in [7, 11) is 0. The summed E-state index contributed by atoms with van der Waals surface area (Å²) in [4.78, 5) is 3.57. The topological polar surface area (TPSA) is 34.2 Å². The number of thiazole rings is 1. The molecule has 0 saturated carbocycles. The van der Waals surface area contributed by atoms with Gasteiger partial charge < -0.3 is 10.1 Å². The average molecular weight is 280 g/mol. The predicted octanol–water partition coefficient (Wildman–Crippen LogP) is 2.82. The second-order valence-corrected chi connectivity index (χ2v) is 5.29. The molecule has 3 nitrogen and oxygen atoms in total. The van der Waals surface area contributed by atoms with Crippen molar-refractivity contribution in [1.82, 2.24) is 10.3 Å². The fourth-order valence-corrected chi connectivity index (χ4v) is 2.65. The Hall–Kier alpha value is -0.660. The zero-order chi connectivity index (χ0) is 13.2. The molecule has 0 aliphatic carbocycles. The van der Waals surface area contributed by atoms with Gasteiger partial charge in [-0.2, -0.15) is 13.2 Å². The molecule has 2 atom stereocenters. The van der Waals surface area contributed by atoms with Crippen LogP contribution in [0.2, 0.25) is 0 Å². The van der Waals surface area contributed by atoms with Gasteiger partial charge in [-0.25, -0.2) is 4.98 Å². The van der Waals surface area contributed by atoms with Gasteiger partial charge in [0.1, 0.15) is 5.01 Å². The molecular formula is C11H15F3N2OS. The van der Waals surface area contributed by atoms with Crippen LogP contribution in [0.3, 0.4) is 0 Å². The van der Waals surface area contributed by atoms with Gasteiger partial charge in [-0.15, -0.1) is 11.3 Å². The van der Waals surface area contributed by atoms with E-state index < -0.39 is 11.9 Å². The van der Waals surface area contributed by atoms with Crippen LogP contribution in [-0.2, 0) is 17.5 Å². The highest BCUT2D eigenvalue weighted by molar-refractivity contribution is 7.09. The maximum Gasteiger partial charge on any atom is 0.434 e. The lowest BCUT2D eigenvalue weighted by Gasteiger charge is -2.19. The Kier molecular flexibility index (Phi) is 4.24. The Bertz CT molecular complexity index is 388. The lowest BCUT2D eigenvalue weighted by Crippen LogP contribution is -2.36. The van der Waals surface area contributed by atoms with Crippen molar-refractivity contribution in [1.29, 1.82) is 0 Å². The minimum Gasteiger partial charge on any atom is -0.377 e. The van der Waals surface area contributed by atoms with Crippen LogP contribution in [0.4, 0.5) is 13.2 Å². The molecular weight excluding hydrogens is 265 g/mol. The number of aromatic nitrogens is 1. The molecule has 0 aromatic carbocycles.